The van der Waals surface area contributed by atoms with E-state index in [0.717, 1.165) is 23.1 Å². The Balaban J connectivity index is 1.85. The molecule has 2 aromatic carbocycles. The van der Waals surface area contributed by atoms with E-state index in [2.05, 4.69) is 34.1 Å². The minimum Gasteiger partial charge on any atom is -0.496 e. The van der Waals surface area contributed by atoms with Crippen LogP contribution in [0.4, 0.5) is 0 Å². The summed E-state index contributed by atoms with van der Waals surface area (Å²) in [5.41, 5.74) is 3.29. The number of hydrogen-bond donors (Lipinski definition) is 0. The second-order valence-corrected chi connectivity index (χ2v) is 6.37. The molecule has 4 heteroatoms. The van der Waals surface area contributed by atoms with Crippen LogP contribution >= 0.6 is 15.9 Å². The Bertz CT molecular complexity index is 714. The van der Waals surface area contributed by atoms with Crippen molar-refractivity contribution in [2.75, 3.05) is 14.2 Å². The summed E-state index contributed by atoms with van der Waals surface area (Å²) in [5.74, 6) is 0.760. The van der Waals surface area contributed by atoms with Crippen molar-refractivity contribution in [2.45, 2.75) is 18.9 Å². The van der Waals surface area contributed by atoms with Gasteiger partial charge in [-0.15, -0.1) is 0 Å². The first kappa shape index (κ1) is 15.1. The van der Waals surface area contributed by atoms with Crippen molar-refractivity contribution in [2.24, 2.45) is 0 Å². The molecule has 0 spiro atoms. The van der Waals surface area contributed by atoms with Crippen LogP contribution in [-0.2, 0) is 6.42 Å². The Labute approximate surface area is 139 Å². The van der Waals surface area contributed by atoms with Crippen LogP contribution < -0.4 is 4.74 Å². The van der Waals surface area contributed by atoms with Crippen LogP contribution in [0.25, 0.3) is 0 Å². The Hall–Kier alpha value is -1.81. The Kier molecular flexibility index (Phi) is 4.21. The average molecular weight is 360 g/mol. The van der Waals surface area contributed by atoms with Gasteiger partial charge in [0.25, 0.3) is 5.91 Å². The van der Waals surface area contributed by atoms with Crippen molar-refractivity contribution >= 4 is 21.8 Å². The number of amides is 1. The minimum absolute atomic E-state index is 0.0325. The smallest absolute Gasteiger partial charge is 0.254 e. The van der Waals surface area contributed by atoms with Crippen LogP contribution in [0.1, 0.15) is 33.9 Å². The molecule has 0 heterocycles. The number of benzene rings is 2. The van der Waals surface area contributed by atoms with Gasteiger partial charge in [-0.1, -0.05) is 24.3 Å². The van der Waals surface area contributed by atoms with Crippen LogP contribution in [0.2, 0.25) is 0 Å². The third-order valence-electron chi connectivity index (χ3n) is 4.29. The summed E-state index contributed by atoms with van der Waals surface area (Å²) in [6.07, 6.45) is 2.02. The number of carbonyl (C=O) groups excluding carboxylic acids is 1. The highest BCUT2D eigenvalue weighted by molar-refractivity contribution is 9.10. The fourth-order valence-corrected chi connectivity index (χ4v) is 3.62. The van der Waals surface area contributed by atoms with E-state index in [1.54, 1.807) is 7.11 Å². The number of aryl methyl sites for hydroxylation is 1. The molecule has 2 aromatic rings. The van der Waals surface area contributed by atoms with Crippen molar-refractivity contribution < 1.29 is 9.53 Å². The summed E-state index contributed by atoms with van der Waals surface area (Å²) >= 11 is 3.44. The van der Waals surface area contributed by atoms with Crippen LogP contribution in [-0.4, -0.2) is 25.0 Å². The highest BCUT2D eigenvalue weighted by Crippen LogP contribution is 2.36. The molecular formula is C18H18BrNO2. The van der Waals surface area contributed by atoms with Crippen LogP contribution in [0.15, 0.2) is 46.9 Å². The first-order valence-corrected chi connectivity index (χ1v) is 8.09. The molecule has 0 aliphatic heterocycles. The molecule has 0 radical (unpaired) electrons. The number of carbonyl (C=O) groups is 1. The van der Waals surface area contributed by atoms with Gasteiger partial charge in [0.1, 0.15) is 5.75 Å². The molecule has 1 atom stereocenters. The van der Waals surface area contributed by atoms with Crippen molar-refractivity contribution in [3.05, 3.63) is 63.6 Å². The normalized spacial score (nSPS) is 16.2. The molecule has 0 N–H and O–H groups in total. The molecule has 1 aliphatic rings. The highest BCUT2D eigenvalue weighted by Gasteiger charge is 2.28. The molecule has 3 rings (SSSR count). The average Bonchev–Trinajstić information content (AvgIpc) is 2.97. The first-order valence-electron chi connectivity index (χ1n) is 7.30. The van der Waals surface area contributed by atoms with Crippen molar-refractivity contribution in [1.29, 1.82) is 0 Å². The van der Waals surface area contributed by atoms with Gasteiger partial charge in [-0.3, -0.25) is 4.79 Å². The van der Waals surface area contributed by atoms with Gasteiger partial charge in [-0.2, -0.15) is 0 Å². The Morgan fingerprint density at radius 3 is 2.77 bits per heavy atom. The largest absolute Gasteiger partial charge is 0.496 e. The van der Waals surface area contributed by atoms with E-state index in [9.17, 15) is 4.79 Å². The molecule has 0 fully saturated rings. The van der Waals surface area contributed by atoms with Gasteiger partial charge in [0.05, 0.1) is 17.6 Å². The molecule has 0 bridgehead atoms. The molecule has 0 saturated heterocycles. The number of halogens is 1. The number of hydrogen-bond acceptors (Lipinski definition) is 2. The van der Waals surface area contributed by atoms with Gasteiger partial charge in [-0.05, 0) is 58.1 Å². The maximum atomic E-state index is 12.8. The summed E-state index contributed by atoms with van der Waals surface area (Å²) in [6.45, 7) is 0. The van der Waals surface area contributed by atoms with Crippen LogP contribution in [0.5, 0.6) is 5.75 Å². The number of methoxy groups -OCH3 is 1. The predicted molar refractivity (Wildman–Crippen MR) is 90.3 cm³/mol. The summed E-state index contributed by atoms with van der Waals surface area (Å²) in [7, 11) is 3.50. The highest BCUT2D eigenvalue weighted by atomic mass is 79.9. The molecule has 3 nitrogen and oxygen atoms in total. The monoisotopic (exact) mass is 359 g/mol. The Morgan fingerprint density at radius 2 is 2.05 bits per heavy atom. The fourth-order valence-electron chi connectivity index (χ4n) is 3.08. The lowest BCUT2D eigenvalue weighted by Gasteiger charge is -2.25. The van der Waals surface area contributed by atoms with E-state index in [1.807, 2.05) is 36.2 Å². The molecule has 114 valence electrons. The van der Waals surface area contributed by atoms with Crippen molar-refractivity contribution in [3.8, 4) is 5.75 Å². The lowest BCUT2D eigenvalue weighted by Crippen LogP contribution is -2.30. The maximum absolute atomic E-state index is 12.8. The Morgan fingerprint density at radius 1 is 1.27 bits per heavy atom. The van der Waals surface area contributed by atoms with Crippen molar-refractivity contribution in [3.63, 3.8) is 0 Å². The zero-order valence-electron chi connectivity index (χ0n) is 12.7. The van der Waals surface area contributed by atoms with Gasteiger partial charge >= 0.3 is 0 Å². The van der Waals surface area contributed by atoms with E-state index in [4.69, 9.17) is 4.74 Å². The van der Waals surface area contributed by atoms with E-state index in [-0.39, 0.29) is 11.9 Å². The minimum atomic E-state index is 0.0325. The zero-order chi connectivity index (χ0) is 15.7. The summed E-state index contributed by atoms with van der Waals surface area (Å²) in [4.78, 5) is 14.6. The summed E-state index contributed by atoms with van der Waals surface area (Å²) in [5, 5.41) is 0. The van der Waals surface area contributed by atoms with Crippen LogP contribution in [0, 0.1) is 0 Å². The first-order chi connectivity index (χ1) is 10.6. The van der Waals surface area contributed by atoms with E-state index >= 15 is 0 Å². The van der Waals surface area contributed by atoms with Gasteiger partial charge < -0.3 is 9.64 Å². The summed E-state index contributed by atoms with van der Waals surface area (Å²) in [6, 6.07) is 14.0. The standard InChI is InChI=1S/C18H18BrNO2/c1-20(16-9-7-12-5-3-4-6-14(12)16)18(21)13-8-10-17(22-2)15(19)11-13/h3-6,8,10-11,16H,7,9H2,1-2H3/t16-/m1/s1. The maximum Gasteiger partial charge on any atom is 0.254 e. The second-order valence-electron chi connectivity index (χ2n) is 5.52. The SMILES string of the molecule is COc1ccc(C(=O)N(C)[C@@H]2CCc3ccccc32)cc1Br. The third kappa shape index (κ3) is 2.63. The molecule has 22 heavy (non-hydrogen) atoms. The number of ether oxygens (including phenoxy) is 1. The lowest BCUT2D eigenvalue weighted by molar-refractivity contribution is 0.0730. The molecule has 1 aliphatic carbocycles. The number of nitrogens with zero attached hydrogens (tertiary/aromatic N) is 1. The second kappa shape index (κ2) is 6.13. The molecule has 0 saturated carbocycles. The van der Waals surface area contributed by atoms with E-state index in [0.29, 0.717) is 5.56 Å². The molecule has 0 unspecified atom stereocenters. The van der Waals surface area contributed by atoms with Gasteiger partial charge in [0.15, 0.2) is 0 Å². The third-order valence-corrected chi connectivity index (χ3v) is 4.91. The molecular weight excluding hydrogens is 342 g/mol. The van der Waals surface area contributed by atoms with Crippen molar-refractivity contribution in [1.82, 2.24) is 4.90 Å². The molecule has 0 aromatic heterocycles. The fraction of sp³-hybridized carbons (Fsp3) is 0.278. The lowest BCUT2D eigenvalue weighted by atomic mass is 10.1. The topological polar surface area (TPSA) is 29.5 Å². The predicted octanol–water partition coefficient (Wildman–Crippen LogP) is 4.22. The quantitative estimate of drug-likeness (QED) is 0.820. The van der Waals surface area contributed by atoms with Gasteiger partial charge in [0, 0.05) is 12.6 Å². The number of fused-ring (bicyclic) bond motifs is 1. The van der Waals surface area contributed by atoms with Gasteiger partial charge in [-0.25, -0.2) is 0 Å². The van der Waals surface area contributed by atoms with Crippen LogP contribution in [0.3, 0.4) is 0 Å². The molecule has 1 amide bonds. The van der Waals surface area contributed by atoms with E-state index in [1.165, 1.54) is 11.1 Å². The summed E-state index contributed by atoms with van der Waals surface area (Å²) < 4.78 is 6.01. The van der Waals surface area contributed by atoms with E-state index < -0.39 is 0 Å². The zero-order valence-corrected chi connectivity index (χ0v) is 14.3. The van der Waals surface area contributed by atoms with Gasteiger partial charge in [0.2, 0.25) is 0 Å². The number of rotatable bonds is 3.